The summed E-state index contributed by atoms with van der Waals surface area (Å²) in [6, 6.07) is 13.2. The predicted molar refractivity (Wildman–Crippen MR) is 140 cm³/mol. The second kappa shape index (κ2) is 14.3. The summed E-state index contributed by atoms with van der Waals surface area (Å²) < 4.78 is 34.2. The van der Waals surface area contributed by atoms with Crippen LogP contribution in [0.5, 0.6) is 5.75 Å². The van der Waals surface area contributed by atoms with E-state index in [-0.39, 0.29) is 24.0 Å². The zero-order valence-corrected chi connectivity index (χ0v) is 22.3. The molecule has 178 valence electrons. The molecule has 0 aliphatic heterocycles. The van der Waals surface area contributed by atoms with Crippen molar-refractivity contribution in [1.29, 1.82) is 0 Å². The van der Waals surface area contributed by atoms with E-state index in [1.807, 2.05) is 43.3 Å². The number of rotatable bonds is 11. The molecule has 2 rings (SSSR count). The zero-order chi connectivity index (χ0) is 22.7. The molecular formula is C23H34IN3O4S. The van der Waals surface area contributed by atoms with E-state index in [0.29, 0.717) is 37.2 Å². The van der Waals surface area contributed by atoms with Gasteiger partial charge in [-0.25, -0.2) is 13.4 Å². The highest BCUT2D eigenvalue weighted by Gasteiger charge is 2.10. The number of benzene rings is 2. The Kier molecular flexibility index (Phi) is 12.6. The molecule has 0 heterocycles. The molecule has 0 spiro atoms. The third kappa shape index (κ3) is 9.74. The fraction of sp³-hybridized carbons (Fsp3) is 0.435. The van der Waals surface area contributed by atoms with Crippen LogP contribution in [0.15, 0.2) is 52.4 Å². The zero-order valence-electron chi connectivity index (χ0n) is 19.2. The van der Waals surface area contributed by atoms with Crippen LogP contribution in [-0.4, -0.2) is 47.5 Å². The Labute approximate surface area is 208 Å². The number of aryl methyl sites for hydroxylation is 1. The summed E-state index contributed by atoms with van der Waals surface area (Å²) in [4.78, 5) is 5.03. The first-order valence-electron chi connectivity index (χ1n) is 10.4. The van der Waals surface area contributed by atoms with E-state index in [1.54, 1.807) is 20.1 Å². The first-order valence-corrected chi connectivity index (χ1v) is 12.2. The Bertz CT molecular complexity index is 964. The fourth-order valence-corrected chi connectivity index (χ4v) is 3.98. The molecular weight excluding hydrogens is 541 g/mol. The van der Waals surface area contributed by atoms with Crippen LogP contribution in [-0.2, 0) is 27.7 Å². The molecule has 0 bridgehead atoms. The molecule has 0 aromatic heterocycles. The van der Waals surface area contributed by atoms with Gasteiger partial charge in [0.25, 0.3) is 0 Å². The van der Waals surface area contributed by atoms with Crippen LogP contribution in [0, 0.1) is 6.92 Å². The predicted octanol–water partition coefficient (Wildman–Crippen LogP) is 3.69. The summed E-state index contributed by atoms with van der Waals surface area (Å²) in [6.45, 7) is 6.98. The molecule has 0 aliphatic rings. The van der Waals surface area contributed by atoms with Crippen LogP contribution in [0.3, 0.4) is 0 Å². The van der Waals surface area contributed by atoms with Crippen LogP contribution in [0.1, 0.15) is 30.0 Å². The molecule has 0 saturated heterocycles. The first kappa shape index (κ1) is 28.2. The molecule has 32 heavy (non-hydrogen) atoms. The molecule has 2 aromatic carbocycles. The van der Waals surface area contributed by atoms with Crippen molar-refractivity contribution < 1.29 is 17.9 Å². The van der Waals surface area contributed by atoms with Gasteiger partial charge in [-0.15, -0.1) is 24.0 Å². The van der Waals surface area contributed by atoms with Gasteiger partial charge in [0.05, 0.1) is 18.6 Å². The Morgan fingerprint density at radius 1 is 1.06 bits per heavy atom. The van der Waals surface area contributed by atoms with Crippen molar-refractivity contribution in [3.05, 3.63) is 59.2 Å². The van der Waals surface area contributed by atoms with E-state index in [2.05, 4.69) is 15.6 Å². The Hall–Kier alpha value is -1.85. The van der Waals surface area contributed by atoms with Crippen molar-refractivity contribution in [2.45, 2.75) is 38.3 Å². The standard InChI is InChI=1S/C23H33N3O4S.HI/c1-5-30-14-6-13-24-23(25-16-19-7-10-21(29-3)11-8-19)26-17-20-9-12-22(18(2)15-20)31(4,27)28;/h7-12,15H,5-6,13-14,16-17H2,1-4H3,(H2,24,25,26);1H. The van der Waals surface area contributed by atoms with E-state index in [0.717, 1.165) is 35.4 Å². The molecule has 0 amide bonds. The number of nitrogens with one attached hydrogen (secondary N) is 2. The Morgan fingerprint density at radius 2 is 1.75 bits per heavy atom. The summed E-state index contributed by atoms with van der Waals surface area (Å²) in [5.74, 6) is 1.51. The minimum Gasteiger partial charge on any atom is -0.497 e. The number of nitrogens with zero attached hydrogens (tertiary/aromatic N) is 1. The average Bonchev–Trinajstić information content (AvgIpc) is 2.74. The SMILES string of the molecule is CCOCCCNC(=NCc1ccc(S(C)(=O)=O)c(C)c1)NCc1ccc(OC)cc1.I. The van der Waals surface area contributed by atoms with E-state index in [1.165, 1.54) is 6.26 Å². The van der Waals surface area contributed by atoms with Crippen molar-refractivity contribution in [2.75, 3.05) is 33.1 Å². The topological polar surface area (TPSA) is 89.0 Å². The lowest BCUT2D eigenvalue weighted by Gasteiger charge is -2.13. The molecule has 0 aliphatic carbocycles. The maximum absolute atomic E-state index is 11.8. The van der Waals surface area contributed by atoms with Gasteiger partial charge in [-0.05, 0) is 55.2 Å². The van der Waals surface area contributed by atoms with Gasteiger partial charge in [-0.1, -0.05) is 24.3 Å². The summed E-state index contributed by atoms with van der Waals surface area (Å²) >= 11 is 0. The van der Waals surface area contributed by atoms with Crippen LogP contribution >= 0.6 is 24.0 Å². The van der Waals surface area contributed by atoms with Gasteiger partial charge in [0.2, 0.25) is 0 Å². The van der Waals surface area contributed by atoms with Gasteiger partial charge in [0.15, 0.2) is 15.8 Å². The average molecular weight is 576 g/mol. The lowest BCUT2D eigenvalue weighted by atomic mass is 10.1. The summed E-state index contributed by atoms with van der Waals surface area (Å²) in [6.07, 6.45) is 2.10. The number of halogens is 1. The van der Waals surface area contributed by atoms with E-state index in [4.69, 9.17) is 9.47 Å². The molecule has 2 N–H and O–H groups in total. The van der Waals surface area contributed by atoms with Crippen molar-refractivity contribution in [1.82, 2.24) is 10.6 Å². The molecule has 9 heteroatoms. The number of ether oxygens (including phenoxy) is 2. The maximum atomic E-state index is 11.8. The number of sulfone groups is 1. The highest BCUT2D eigenvalue weighted by atomic mass is 127. The number of aliphatic imine (C=N–C) groups is 1. The molecule has 0 radical (unpaired) electrons. The van der Waals surface area contributed by atoms with Crippen molar-refractivity contribution in [3.8, 4) is 5.75 Å². The third-order valence-electron chi connectivity index (χ3n) is 4.64. The normalized spacial score (nSPS) is 11.6. The van der Waals surface area contributed by atoms with Crippen LogP contribution in [0.2, 0.25) is 0 Å². The van der Waals surface area contributed by atoms with E-state index in [9.17, 15) is 8.42 Å². The summed E-state index contributed by atoms with van der Waals surface area (Å²) in [7, 11) is -1.58. The van der Waals surface area contributed by atoms with Crippen LogP contribution in [0.25, 0.3) is 0 Å². The summed E-state index contributed by atoms with van der Waals surface area (Å²) in [5.41, 5.74) is 2.79. The number of methoxy groups -OCH3 is 1. The number of guanidine groups is 1. The van der Waals surface area contributed by atoms with Gasteiger partial charge in [0.1, 0.15) is 5.75 Å². The van der Waals surface area contributed by atoms with Gasteiger partial charge in [-0.2, -0.15) is 0 Å². The summed E-state index contributed by atoms with van der Waals surface area (Å²) in [5, 5.41) is 6.68. The lowest BCUT2D eigenvalue weighted by Crippen LogP contribution is -2.37. The molecule has 0 atom stereocenters. The largest absolute Gasteiger partial charge is 0.497 e. The smallest absolute Gasteiger partial charge is 0.191 e. The third-order valence-corrected chi connectivity index (χ3v) is 5.90. The first-order chi connectivity index (χ1) is 14.8. The number of hydrogen-bond donors (Lipinski definition) is 2. The van der Waals surface area contributed by atoms with Gasteiger partial charge in [0, 0.05) is 32.6 Å². The van der Waals surface area contributed by atoms with E-state index < -0.39 is 9.84 Å². The second-order valence-electron chi connectivity index (χ2n) is 7.22. The van der Waals surface area contributed by atoms with Crippen molar-refractivity contribution >= 4 is 39.8 Å². The van der Waals surface area contributed by atoms with Crippen molar-refractivity contribution in [2.24, 2.45) is 4.99 Å². The monoisotopic (exact) mass is 575 g/mol. The Morgan fingerprint density at radius 3 is 2.34 bits per heavy atom. The second-order valence-corrected chi connectivity index (χ2v) is 9.20. The Balaban J connectivity index is 0.00000512. The molecule has 2 aromatic rings. The van der Waals surface area contributed by atoms with Crippen molar-refractivity contribution in [3.63, 3.8) is 0 Å². The highest BCUT2D eigenvalue weighted by Crippen LogP contribution is 2.17. The van der Waals surface area contributed by atoms with Gasteiger partial charge < -0.3 is 20.1 Å². The van der Waals surface area contributed by atoms with E-state index >= 15 is 0 Å². The maximum Gasteiger partial charge on any atom is 0.191 e. The van der Waals surface area contributed by atoms with Crippen LogP contribution < -0.4 is 15.4 Å². The molecule has 7 nitrogen and oxygen atoms in total. The van der Waals surface area contributed by atoms with Crippen LogP contribution in [0.4, 0.5) is 0 Å². The molecule has 0 fully saturated rings. The molecule has 0 saturated carbocycles. The minimum absolute atomic E-state index is 0. The highest BCUT2D eigenvalue weighted by molar-refractivity contribution is 14.0. The quantitative estimate of drug-likeness (QED) is 0.184. The minimum atomic E-state index is -3.23. The number of hydrogen-bond acceptors (Lipinski definition) is 5. The fourth-order valence-electron chi connectivity index (χ4n) is 3.03. The lowest BCUT2D eigenvalue weighted by molar-refractivity contribution is 0.145. The molecule has 0 unspecified atom stereocenters. The van der Waals surface area contributed by atoms with Gasteiger partial charge in [-0.3, -0.25) is 0 Å². The van der Waals surface area contributed by atoms with Gasteiger partial charge >= 0.3 is 0 Å².